The largest absolute Gasteiger partial charge is 0.444 e. The van der Waals surface area contributed by atoms with Crippen LogP contribution in [-0.2, 0) is 11.2 Å². The van der Waals surface area contributed by atoms with E-state index in [9.17, 15) is 4.79 Å². The lowest BCUT2D eigenvalue weighted by Gasteiger charge is -2.30. The third-order valence-corrected chi connectivity index (χ3v) is 3.04. The number of benzene rings is 1. The molecule has 0 heterocycles. The van der Waals surface area contributed by atoms with Gasteiger partial charge in [-0.15, -0.1) is 0 Å². The number of likely N-dealkylation sites (N-methyl/N-ethyl adjacent to an activating group) is 1. The zero-order valence-corrected chi connectivity index (χ0v) is 12.9. The van der Waals surface area contributed by atoms with Crippen LogP contribution in [0.4, 0.5) is 4.79 Å². The molecule has 0 aromatic heterocycles. The summed E-state index contributed by atoms with van der Waals surface area (Å²) >= 11 is 0. The number of nitrogens with two attached hydrogens (primary N) is 1. The van der Waals surface area contributed by atoms with Crippen molar-refractivity contribution in [2.45, 2.75) is 45.3 Å². The van der Waals surface area contributed by atoms with Gasteiger partial charge in [-0.25, -0.2) is 4.79 Å². The summed E-state index contributed by atoms with van der Waals surface area (Å²) in [6.07, 6.45) is 1.24. The third kappa shape index (κ3) is 5.61. The van der Waals surface area contributed by atoms with Crippen molar-refractivity contribution in [2.24, 2.45) is 5.73 Å². The standard InChI is InChI=1S/C16H26N2O2/c1-16(2,3)20-15(19)18(4)14(10-11-17)12-13-8-6-5-7-9-13/h5-9,14H,10-12,17H2,1-4H3/t14-/m0/s1. The minimum atomic E-state index is -0.481. The van der Waals surface area contributed by atoms with Gasteiger partial charge in [0.25, 0.3) is 0 Å². The summed E-state index contributed by atoms with van der Waals surface area (Å²) in [4.78, 5) is 13.8. The normalized spacial score (nSPS) is 12.8. The van der Waals surface area contributed by atoms with Gasteiger partial charge in [0, 0.05) is 13.1 Å². The van der Waals surface area contributed by atoms with Crippen molar-refractivity contribution in [3.8, 4) is 0 Å². The molecular formula is C16H26N2O2. The molecule has 1 amide bonds. The Morgan fingerprint density at radius 1 is 1.30 bits per heavy atom. The van der Waals surface area contributed by atoms with Crippen molar-refractivity contribution in [1.82, 2.24) is 4.90 Å². The van der Waals surface area contributed by atoms with Crippen LogP contribution in [0.25, 0.3) is 0 Å². The van der Waals surface area contributed by atoms with Crippen LogP contribution in [0, 0.1) is 0 Å². The fourth-order valence-corrected chi connectivity index (χ4v) is 1.99. The first kappa shape index (κ1) is 16.5. The molecule has 0 saturated carbocycles. The van der Waals surface area contributed by atoms with Crippen LogP contribution >= 0.6 is 0 Å². The van der Waals surface area contributed by atoms with Crippen LogP contribution in [0.5, 0.6) is 0 Å². The number of carbonyl (C=O) groups is 1. The monoisotopic (exact) mass is 278 g/mol. The molecule has 0 saturated heterocycles. The van der Waals surface area contributed by atoms with E-state index in [2.05, 4.69) is 12.1 Å². The number of ether oxygens (including phenoxy) is 1. The highest BCUT2D eigenvalue weighted by molar-refractivity contribution is 5.68. The first-order valence-electron chi connectivity index (χ1n) is 7.03. The van der Waals surface area contributed by atoms with Gasteiger partial charge in [-0.05, 0) is 45.7 Å². The van der Waals surface area contributed by atoms with Gasteiger partial charge in [0.05, 0.1) is 0 Å². The lowest BCUT2D eigenvalue weighted by molar-refractivity contribution is 0.0216. The number of carbonyl (C=O) groups excluding carboxylic acids is 1. The van der Waals surface area contributed by atoms with Gasteiger partial charge in [0.2, 0.25) is 0 Å². The maximum Gasteiger partial charge on any atom is 0.410 e. The van der Waals surface area contributed by atoms with E-state index in [0.717, 1.165) is 12.8 Å². The van der Waals surface area contributed by atoms with Crippen molar-refractivity contribution in [3.63, 3.8) is 0 Å². The van der Waals surface area contributed by atoms with Crippen molar-refractivity contribution < 1.29 is 9.53 Å². The lowest BCUT2D eigenvalue weighted by atomic mass is 10.0. The fourth-order valence-electron chi connectivity index (χ4n) is 1.99. The van der Waals surface area contributed by atoms with Gasteiger partial charge < -0.3 is 15.4 Å². The van der Waals surface area contributed by atoms with Crippen LogP contribution in [0.3, 0.4) is 0 Å². The Hall–Kier alpha value is -1.55. The Bertz CT molecular complexity index is 412. The Balaban J connectivity index is 2.72. The highest BCUT2D eigenvalue weighted by atomic mass is 16.6. The summed E-state index contributed by atoms with van der Waals surface area (Å²) in [7, 11) is 1.78. The summed E-state index contributed by atoms with van der Waals surface area (Å²) in [5, 5.41) is 0. The Morgan fingerprint density at radius 3 is 2.40 bits per heavy atom. The third-order valence-electron chi connectivity index (χ3n) is 3.04. The average Bonchev–Trinajstić information content (AvgIpc) is 2.36. The number of nitrogens with zero attached hydrogens (tertiary/aromatic N) is 1. The molecule has 112 valence electrons. The molecule has 0 aliphatic heterocycles. The van der Waals surface area contributed by atoms with Crippen LogP contribution in [-0.4, -0.2) is 36.2 Å². The van der Waals surface area contributed by atoms with Gasteiger partial charge >= 0.3 is 6.09 Å². The predicted octanol–water partition coefficient (Wildman–Crippen LogP) is 2.81. The van der Waals surface area contributed by atoms with E-state index < -0.39 is 5.60 Å². The zero-order valence-electron chi connectivity index (χ0n) is 12.9. The molecule has 2 N–H and O–H groups in total. The van der Waals surface area contributed by atoms with Gasteiger partial charge in [0.1, 0.15) is 5.60 Å². The molecule has 20 heavy (non-hydrogen) atoms. The van der Waals surface area contributed by atoms with E-state index in [1.807, 2.05) is 39.0 Å². The molecule has 0 aliphatic carbocycles. The minimum absolute atomic E-state index is 0.0530. The van der Waals surface area contributed by atoms with Gasteiger partial charge in [0.15, 0.2) is 0 Å². The van der Waals surface area contributed by atoms with Crippen molar-refractivity contribution in [1.29, 1.82) is 0 Å². The maximum atomic E-state index is 12.1. The molecule has 1 aromatic rings. The molecule has 1 atom stereocenters. The molecule has 1 rings (SSSR count). The topological polar surface area (TPSA) is 55.6 Å². The molecule has 0 radical (unpaired) electrons. The van der Waals surface area contributed by atoms with E-state index in [-0.39, 0.29) is 12.1 Å². The summed E-state index contributed by atoms with van der Waals surface area (Å²) in [6, 6.07) is 10.2. The van der Waals surface area contributed by atoms with Gasteiger partial charge in [-0.3, -0.25) is 0 Å². The first-order valence-corrected chi connectivity index (χ1v) is 7.03. The molecule has 1 aromatic carbocycles. The molecular weight excluding hydrogens is 252 g/mol. The minimum Gasteiger partial charge on any atom is -0.444 e. The molecule has 0 aliphatic rings. The van der Waals surface area contributed by atoms with Crippen LogP contribution in [0.15, 0.2) is 30.3 Å². The van der Waals surface area contributed by atoms with E-state index in [1.54, 1.807) is 11.9 Å². The number of hydrogen-bond acceptors (Lipinski definition) is 3. The highest BCUT2D eigenvalue weighted by Gasteiger charge is 2.25. The van der Waals surface area contributed by atoms with Gasteiger partial charge in [-0.2, -0.15) is 0 Å². The number of hydrogen-bond donors (Lipinski definition) is 1. The Labute approximate surface area is 121 Å². The fraction of sp³-hybridized carbons (Fsp3) is 0.562. The lowest BCUT2D eigenvalue weighted by Crippen LogP contribution is -2.42. The molecule has 0 bridgehead atoms. The van der Waals surface area contributed by atoms with Gasteiger partial charge in [-0.1, -0.05) is 30.3 Å². The molecule has 0 fully saturated rings. The Kier molecular flexibility index (Phi) is 6.02. The van der Waals surface area contributed by atoms with Crippen LogP contribution in [0.2, 0.25) is 0 Å². The molecule has 0 spiro atoms. The SMILES string of the molecule is CN(C(=O)OC(C)(C)C)[C@@H](CCN)Cc1ccccc1. The second kappa shape index (κ2) is 7.29. The molecule has 4 nitrogen and oxygen atoms in total. The van der Waals surface area contributed by atoms with E-state index in [0.29, 0.717) is 6.54 Å². The second-order valence-electron chi connectivity index (χ2n) is 6.01. The number of amides is 1. The summed E-state index contributed by atoms with van der Waals surface area (Å²) < 4.78 is 5.41. The summed E-state index contributed by atoms with van der Waals surface area (Å²) in [5.41, 5.74) is 6.38. The van der Waals surface area contributed by atoms with E-state index in [4.69, 9.17) is 10.5 Å². The van der Waals surface area contributed by atoms with Crippen LogP contribution < -0.4 is 5.73 Å². The van der Waals surface area contributed by atoms with E-state index in [1.165, 1.54) is 5.56 Å². The van der Waals surface area contributed by atoms with Crippen molar-refractivity contribution in [2.75, 3.05) is 13.6 Å². The highest BCUT2D eigenvalue weighted by Crippen LogP contribution is 2.15. The molecule has 0 unspecified atom stereocenters. The Morgan fingerprint density at radius 2 is 1.90 bits per heavy atom. The summed E-state index contributed by atoms with van der Waals surface area (Å²) in [6.45, 7) is 6.15. The quantitative estimate of drug-likeness (QED) is 0.901. The zero-order chi connectivity index (χ0) is 15.2. The van der Waals surface area contributed by atoms with Crippen molar-refractivity contribution in [3.05, 3.63) is 35.9 Å². The van der Waals surface area contributed by atoms with E-state index >= 15 is 0 Å². The molecule has 4 heteroatoms. The summed E-state index contributed by atoms with van der Waals surface area (Å²) in [5.74, 6) is 0. The number of rotatable bonds is 5. The first-order chi connectivity index (χ1) is 9.33. The average molecular weight is 278 g/mol. The second-order valence-corrected chi connectivity index (χ2v) is 6.01. The van der Waals surface area contributed by atoms with Crippen LogP contribution in [0.1, 0.15) is 32.8 Å². The van der Waals surface area contributed by atoms with Crippen molar-refractivity contribution >= 4 is 6.09 Å². The maximum absolute atomic E-state index is 12.1. The predicted molar refractivity (Wildman–Crippen MR) is 81.6 cm³/mol. The smallest absolute Gasteiger partial charge is 0.410 e.